The van der Waals surface area contributed by atoms with Gasteiger partial charge < -0.3 is 5.32 Å². The fraction of sp³-hybridized carbons (Fsp3) is 0.667. The first kappa shape index (κ1) is 10.6. The van der Waals surface area contributed by atoms with Crippen molar-refractivity contribution in [2.45, 2.75) is 24.7 Å². The second-order valence-corrected chi connectivity index (χ2v) is 5.23. The van der Waals surface area contributed by atoms with Gasteiger partial charge in [0.05, 0.1) is 10.5 Å². The highest BCUT2D eigenvalue weighted by molar-refractivity contribution is 9.09. The number of carbonyl (C=O) groups is 1. The van der Waals surface area contributed by atoms with Crippen LogP contribution in [0.1, 0.15) is 23.9 Å². The van der Waals surface area contributed by atoms with Crippen molar-refractivity contribution >= 4 is 21.8 Å². The molecule has 2 atom stereocenters. The molecule has 1 amide bonds. The number of carbonyl (C=O) groups excluding carboxylic acids is 1. The monoisotopic (exact) mass is 272 g/mol. The number of nitrogens with zero attached hydrogens (tertiary/aromatic N) is 3. The van der Waals surface area contributed by atoms with Crippen LogP contribution in [0.5, 0.6) is 0 Å². The summed E-state index contributed by atoms with van der Waals surface area (Å²) in [6, 6.07) is 0. The Bertz CT molecular complexity index is 363. The number of hydrogen-bond donors (Lipinski definition) is 1. The summed E-state index contributed by atoms with van der Waals surface area (Å²) in [5.41, 5.74) is 0.923. The second kappa shape index (κ2) is 4.30. The smallest absolute Gasteiger partial charge is 0.220 e. The van der Waals surface area contributed by atoms with Gasteiger partial charge in [-0.2, -0.15) is 0 Å². The lowest BCUT2D eigenvalue weighted by molar-refractivity contribution is -0.119. The first-order chi connectivity index (χ1) is 7.15. The number of nitrogens with one attached hydrogen (secondary N) is 1. The molecule has 1 N–H and O–H groups in total. The third-order valence-electron chi connectivity index (χ3n) is 2.47. The fourth-order valence-corrected chi connectivity index (χ4v) is 1.85. The van der Waals surface area contributed by atoms with Crippen LogP contribution >= 0.6 is 15.9 Å². The van der Waals surface area contributed by atoms with Crippen molar-refractivity contribution in [2.24, 2.45) is 5.92 Å². The minimum Gasteiger partial charge on any atom is -0.356 e. The van der Waals surface area contributed by atoms with Gasteiger partial charge in [-0.3, -0.25) is 9.48 Å². The third-order valence-corrected chi connectivity index (χ3v) is 2.94. The Balaban J connectivity index is 1.96. The molecule has 0 bridgehead atoms. The Hall–Kier alpha value is -0.910. The first-order valence-electron chi connectivity index (χ1n) is 4.96. The Morgan fingerprint density at radius 3 is 3.13 bits per heavy atom. The van der Waals surface area contributed by atoms with E-state index in [4.69, 9.17) is 0 Å². The fourth-order valence-electron chi connectivity index (χ4n) is 1.64. The van der Waals surface area contributed by atoms with Gasteiger partial charge in [0.1, 0.15) is 0 Å². The molecule has 2 rings (SSSR count). The molecule has 82 valence electrons. The Labute approximate surface area is 96.4 Å². The van der Waals surface area contributed by atoms with Gasteiger partial charge in [-0.15, -0.1) is 5.10 Å². The summed E-state index contributed by atoms with van der Waals surface area (Å²) in [6.45, 7) is 3.51. The van der Waals surface area contributed by atoms with Crippen molar-refractivity contribution < 1.29 is 4.79 Å². The molecule has 1 aromatic rings. The topological polar surface area (TPSA) is 59.8 Å². The number of aromatic nitrogens is 3. The van der Waals surface area contributed by atoms with Crippen molar-refractivity contribution in [3.63, 3.8) is 0 Å². The highest BCUT2D eigenvalue weighted by Gasteiger charge is 2.22. The van der Waals surface area contributed by atoms with E-state index in [1.165, 1.54) is 0 Å². The summed E-state index contributed by atoms with van der Waals surface area (Å²) >= 11 is 3.44. The maximum Gasteiger partial charge on any atom is 0.220 e. The summed E-state index contributed by atoms with van der Waals surface area (Å²) < 4.78 is 1.80. The maximum atomic E-state index is 11.0. The van der Waals surface area contributed by atoms with E-state index in [-0.39, 0.29) is 10.7 Å². The third kappa shape index (κ3) is 2.56. The van der Waals surface area contributed by atoms with Crippen molar-refractivity contribution in [3.05, 3.63) is 11.9 Å². The van der Waals surface area contributed by atoms with Gasteiger partial charge in [-0.25, -0.2) is 0 Å². The van der Waals surface area contributed by atoms with Crippen molar-refractivity contribution in [3.8, 4) is 0 Å². The molecule has 6 heteroatoms. The van der Waals surface area contributed by atoms with Crippen LogP contribution in [-0.4, -0.2) is 27.4 Å². The van der Waals surface area contributed by atoms with Crippen LogP contribution in [-0.2, 0) is 11.3 Å². The number of halogens is 1. The number of amides is 1. The van der Waals surface area contributed by atoms with E-state index >= 15 is 0 Å². The van der Waals surface area contributed by atoms with E-state index in [1.54, 1.807) is 4.68 Å². The molecular formula is C9H13BrN4O. The minimum absolute atomic E-state index is 0.134. The maximum absolute atomic E-state index is 11.0. The van der Waals surface area contributed by atoms with E-state index < -0.39 is 0 Å². The summed E-state index contributed by atoms with van der Waals surface area (Å²) in [5, 5.41) is 10.9. The molecule has 0 aromatic carbocycles. The molecule has 0 spiro atoms. The van der Waals surface area contributed by atoms with Gasteiger partial charge in [-0.05, 0) is 6.92 Å². The SMILES string of the molecule is CC(Br)c1cn(CC2CNC(=O)C2)nn1. The van der Waals surface area contributed by atoms with Gasteiger partial charge in [0.25, 0.3) is 0 Å². The molecule has 2 heterocycles. The highest BCUT2D eigenvalue weighted by Crippen LogP contribution is 2.19. The standard InChI is InChI=1S/C9H13BrN4O/c1-6(10)8-5-14(13-12-8)4-7-2-9(15)11-3-7/h5-7H,2-4H2,1H3,(H,11,15). The predicted molar refractivity (Wildman–Crippen MR) is 58.5 cm³/mol. The van der Waals surface area contributed by atoms with Crippen LogP contribution in [0, 0.1) is 5.92 Å². The van der Waals surface area contributed by atoms with Crippen LogP contribution in [0.4, 0.5) is 0 Å². The van der Waals surface area contributed by atoms with E-state index in [2.05, 4.69) is 31.6 Å². The number of alkyl halides is 1. The van der Waals surface area contributed by atoms with Crippen molar-refractivity contribution in [2.75, 3.05) is 6.54 Å². The van der Waals surface area contributed by atoms with Gasteiger partial charge in [0, 0.05) is 31.6 Å². The molecule has 2 unspecified atom stereocenters. The molecule has 1 aliphatic heterocycles. The van der Waals surface area contributed by atoms with Gasteiger partial charge >= 0.3 is 0 Å². The molecular weight excluding hydrogens is 260 g/mol. The van der Waals surface area contributed by atoms with E-state index in [1.807, 2.05) is 13.1 Å². The van der Waals surface area contributed by atoms with Gasteiger partial charge in [0.2, 0.25) is 5.91 Å². The average Bonchev–Trinajstić information content (AvgIpc) is 2.76. The first-order valence-corrected chi connectivity index (χ1v) is 5.87. The van der Waals surface area contributed by atoms with Crippen LogP contribution in [0.25, 0.3) is 0 Å². The van der Waals surface area contributed by atoms with Crippen molar-refractivity contribution in [1.82, 2.24) is 20.3 Å². The molecule has 0 saturated carbocycles. The Kier molecular flexibility index (Phi) is 3.04. The zero-order valence-electron chi connectivity index (χ0n) is 8.48. The van der Waals surface area contributed by atoms with Crippen molar-refractivity contribution in [1.29, 1.82) is 0 Å². The molecule has 1 aliphatic rings. The van der Waals surface area contributed by atoms with Crippen LogP contribution in [0.3, 0.4) is 0 Å². The zero-order chi connectivity index (χ0) is 10.8. The van der Waals surface area contributed by atoms with Crippen LogP contribution in [0.2, 0.25) is 0 Å². The number of rotatable bonds is 3. The summed E-state index contributed by atoms with van der Waals surface area (Å²) in [4.78, 5) is 11.2. The molecule has 1 fully saturated rings. The largest absolute Gasteiger partial charge is 0.356 e. The summed E-state index contributed by atoms with van der Waals surface area (Å²) in [7, 11) is 0. The second-order valence-electron chi connectivity index (χ2n) is 3.86. The predicted octanol–water partition coefficient (Wildman–Crippen LogP) is 0.870. The van der Waals surface area contributed by atoms with Crippen LogP contribution in [0.15, 0.2) is 6.20 Å². The molecule has 1 aromatic heterocycles. The molecule has 0 radical (unpaired) electrons. The lowest BCUT2D eigenvalue weighted by Gasteiger charge is -2.05. The molecule has 0 aliphatic carbocycles. The normalized spacial score (nSPS) is 22.8. The zero-order valence-corrected chi connectivity index (χ0v) is 10.1. The van der Waals surface area contributed by atoms with E-state index in [0.717, 1.165) is 18.8 Å². The van der Waals surface area contributed by atoms with Crippen LogP contribution < -0.4 is 5.32 Å². The quantitative estimate of drug-likeness (QED) is 0.831. The summed E-state index contributed by atoms with van der Waals surface area (Å²) in [5.74, 6) is 0.479. The number of hydrogen-bond acceptors (Lipinski definition) is 3. The molecule has 1 saturated heterocycles. The Morgan fingerprint density at radius 1 is 1.80 bits per heavy atom. The minimum atomic E-state index is 0.134. The lowest BCUT2D eigenvalue weighted by atomic mass is 10.1. The highest BCUT2D eigenvalue weighted by atomic mass is 79.9. The van der Waals surface area contributed by atoms with E-state index in [0.29, 0.717) is 12.3 Å². The average molecular weight is 273 g/mol. The van der Waals surface area contributed by atoms with Gasteiger partial charge in [0.15, 0.2) is 0 Å². The summed E-state index contributed by atoms with van der Waals surface area (Å²) in [6.07, 6.45) is 2.52. The van der Waals surface area contributed by atoms with E-state index in [9.17, 15) is 4.79 Å². The Morgan fingerprint density at radius 2 is 2.60 bits per heavy atom. The molecule has 15 heavy (non-hydrogen) atoms. The van der Waals surface area contributed by atoms with Gasteiger partial charge in [-0.1, -0.05) is 21.1 Å². The lowest BCUT2D eigenvalue weighted by Crippen LogP contribution is -2.16. The molecule has 5 nitrogen and oxygen atoms in total.